The summed E-state index contributed by atoms with van der Waals surface area (Å²) in [5, 5.41) is 0.539. The van der Waals surface area contributed by atoms with Crippen molar-refractivity contribution in [2.45, 2.75) is 25.2 Å². The standard InChI is InChI=1S/C13H18ClNO2S/c1-10-4-6-13(7-5-10)18(16,17)15-9-11(2)8-12(3)14/h4-7,11,15H,3,8-9H2,1-2H3. The summed E-state index contributed by atoms with van der Waals surface area (Å²) in [5.74, 6) is 0.121. The molecule has 1 unspecified atom stereocenters. The van der Waals surface area contributed by atoms with Crippen LogP contribution in [0.5, 0.6) is 0 Å². The first kappa shape index (κ1) is 15.2. The van der Waals surface area contributed by atoms with Crippen molar-refractivity contribution in [3.05, 3.63) is 41.4 Å². The smallest absolute Gasteiger partial charge is 0.211 e. The molecule has 3 nitrogen and oxygen atoms in total. The van der Waals surface area contributed by atoms with Crippen molar-refractivity contribution in [2.24, 2.45) is 5.92 Å². The van der Waals surface area contributed by atoms with Crippen LogP contribution in [0.25, 0.3) is 0 Å². The summed E-state index contributed by atoms with van der Waals surface area (Å²) in [7, 11) is -3.43. The van der Waals surface area contributed by atoms with Gasteiger partial charge in [0.1, 0.15) is 0 Å². The third kappa shape index (κ3) is 4.80. The quantitative estimate of drug-likeness (QED) is 0.874. The first-order valence-electron chi connectivity index (χ1n) is 5.71. The molecule has 1 rings (SSSR count). The molecule has 0 saturated heterocycles. The van der Waals surface area contributed by atoms with Gasteiger partial charge in [-0.15, -0.1) is 0 Å². The van der Waals surface area contributed by atoms with Crippen LogP contribution in [0.4, 0.5) is 0 Å². The van der Waals surface area contributed by atoms with E-state index in [4.69, 9.17) is 11.6 Å². The Kier molecular flexibility index (Phi) is 5.38. The van der Waals surface area contributed by atoms with Gasteiger partial charge in [0, 0.05) is 11.6 Å². The molecule has 0 aromatic heterocycles. The number of sulfonamides is 1. The van der Waals surface area contributed by atoms with Crippen molar-refractivity contribution in [1.29, 1.82) is 0 Å². The van der Waals surface area contributed by atoms with Gasteiger partial charge in [0.15, 0.2) is 0 Å². The van der Waals surface area contributed by atoms with Crippen molar-refractivity contribution in [3.63, 3.8) is 0 Å². The van der Waals surface area contributed by atoms with Gasteiger partial charge in [-0.05, 0) is 31.4 Å². The monoisotopic (exact) mass is 287 g/mol. The number of rotatable bonds is 6. The molecule has 0 bridgehead atoms. The van der Waals surface area contributed by atoms with Crippen LogP contribution in [-0.4, -0.2) is 15.0 Å². The fourth-order valence-electron chi connectivity index (χ4n) is 1.50. The van der Waals surface area contributed by atoms with E-state index >= 15 is 0 Å². The lowest BCUT2D eigenvalue weighted by Crippen LogP contribution is -2.28. The molecule has 0 heterocycles. The summed E-state index contributed by atoms with van der Waals surface area (Å²) in [5.41, 5.74) is 1.03. The third-order valence-electron chi connectivity index (χ3n) is 2.52. The van der Waals surface area contributed by atoms with Crippen LogP contribution >= 0.6 is 11.6 Å². The van der Waals surface area contributed by atoms with E-state index in [1.165, 1.54) is 0 Å². The zero-order valence-electron chi connectivity index (χ0n) is 10.6. The molecule has 0 aliphatic carbocycles. The average Bonchev–Trinajstić information content (AvgIpc) is 2.26. The number of hydrogen-bond donors (Lipinski definition) is 1. The maximum atomic E-state index is 12.0. The van der Waals surface area contributed by atoms with Crippen molar-refractivity contribution in [3.8, 4) is 0 Å². The molecule has 100 valence electrons. The first-order valence-corrected chi connectivity index (χ1v) is 7.57. The summed E-state index contributed by atoms with van der Waals surface area (Å²) < 4.78 is 26.5. The minimum atomic E-state index is -3.43. The lowest BCUT2D eigenvalue weighted by atomic mass is 10.1. The van der Waals surface area contributed by atoms with E-state index < -0.39 is 10.0 Å². The highest BCUT2D eigenvalue weighted by atomic mass is 35.5. The minimum absolute atomic E-state index is 0.121. The normalized spacial score (nSPS) is 13.3. The van der Waals surface area contributed by atoms with E-state index in [1.54, 1.807) is 24.3 Å². The van der Waals surface area contributed by atoms with Gasteiger partial charge in [0.05, 0.1) is 4.90 Å². The fourth-order valence-corrected chi connectivity index (χ4v) is 2.93. The molecular weight excluding hydrogens is 270 g/mol. The molecule has 0 spiro atoms. The number of nitrogens with one attached hydrogen (secondary N) is 1. The van der Waals surface area contributed by atoms with Crippen LogP contribution in [0, 0.1) is 12.8 Å². The molecule has 0 aliphatic rings. The van der Waals surface area contributed by atoms with E-state index in [9.17, 15) is 8.42 Å². The molecule has 1 atom stereocenters. The van der Waals surface area contributed by atoms with Crippen LogP contribution in [0.2, 0.25) is 0 Å². The van der Waals surface area contributed by atoms with Crippen molar-refractivity contribution in [2.75, 3.05) is 6.54 Å². The van der Waals surface area contributed by atoms with Gasteiger partial charge in [0.25, 0.3) is 0 Å². The van der Waals surface area contributed by atoms with Gasteiger partial charge in [-0.1, -0.05) is 42.8 Å². The summed E-state index contributed by atoms with van der Waals surface area (Å²) in [4.78, 5) is 0.282. The van der Waals surface area contributed by atoms with E-state index in [0.29, 0.717) is 18.0 Å². The van der Waals surface area contributed by atoms with Gasteiger partial charge in [-0.2, -0.15) is 0 Å². The topological polar surface area (TPSA) is 46.2 Å². The van der Waals surface area contributed by atoms with Crippen LogP contribution in [0.15, 0.2) is 40.8 Å². The van der Waals surface area contributed by atoms with Gasteiger partial charge in [0.2, 0.25) is 10.0 Å². The molecule has 5 heteroatoms. The molecule has 0 fully saturated rings. The number of aryl methyl sites for hydroxylation is 1. The number of allylic oxidation sites excluding steroid dienone is 1. The second-order valence-electron chi connectivity index (χ2n) is 4.49. The average molecular weight is 288 g/mol. The van der Waals surface area contributed by atoms with Gasteiger partial charge >= 0.3 is 0 Å². The lowest BCUT2D eigenvalue weighted by Gasteiger charge is -2.12. The van der Waals surface area contributed by atoms with Gasteiger partial charge < -0.3 is 0 Å². The van der Waals surface area contributed by atoms with E-state index in [2.05, 4.69) is 11.3 Å². The Hall–Kier alpha value is -0.840. The Labute approximate surface area is 114 Å². The summed E-state index contributed by atoms with van der Waals surface area (Å²) in [6, 6.07) is 6.75. The van der Waals surface area contributed by atoms with Crippen molar-refractivity contribution in [1.82, 2.24) is 4.72 Å². The second kappa shape index (κ2) is 6.36. The lowest BCUT2D eigenvalue weighted by molar-refractivity contribution is 0.541. The summed E-state index contributed by atoms with van der Waals surface area (Å²) >= 11 is 5.69. The minimum Gasteiger partial charge on any atom is -0.211 e. The molecule has 0 saturated carbocycles. The van der Waals surface area contributed by atoms with E-state index in [-0.39, 0.29) is 10.8 Å². The predicted octanol–water partition coefficient (Wildman–Crippen LogP) is 3.05. The zero-order valence-corrected chi connectivity index (χ0v) is 12.2. The molecule has 0 amide bonds. The van der Waals surface area contributed by atoms with Crippen LogP contribution in [0.1, 0.15) is 18.9 Å². The molecular formula is C13H18ClNO2S. The van der Waals surface area contributed by atoms with E-state index in [1.807, 2.05) is 13.8 Å². The second-order valence-corrected chi connectivity index (χ2v) is 6.79. The number of halogens is 1. The molecule has 1 aromatic rings. The Morgan fingerprint density at radius 2 is 1.94 bits per heavy atom. The van der Waals surface area contributed by atoms with Crippen LogP contribution in [-0.2, 0) is 10.0 Å². The highest BCUT2D eigenvalue weighted by Gasteiger charge is 2.14. The molecule has 1 N–H and O–H groups in total. The Bertz CT molecular complexity index is 508. The van der Waals surface area contributed by atoms with Crippen molar-refractivity contribution < 1.29 is 8.42 Å². The highest BCUT2D eigenvalue weighted by molar-refractivity contribution is 7.89. The molecule has 0 radical (unpaired) electrons. The van der Waals surface area contributed by atoms with Gasteiger partial charge in [-0.25, -0.2) is 13.1 Å². The SMILES string of the molecule is C=C(Cl)CC(C)CNS(=O)(=O)c1ccc(C)cc1. The Morgan fingerprint density at radius 1 is 1.39 bits per heavy atom. The van der Waals surface area contributed by atoms with Crippen LogP contribution < -0.4 is 4.72 Å². The third-order valence-corrected chi connectivity index (χ3v) is 4.12. The molecule has 0 aliphatic heterocycles. The maximum Gasteiger partial charge on any atom is 0.240 e. The fraction of sp³-hybridized carbons (Fsp3) is 0.385. The number of benzene rings is 1. The highest BCUT2D eigenvalue weighted by Crippen LogP contribution is 2.14. The Morgan fingerprint density at radius 3 is 2.44 bits per heavy atom. The zero-order chi connectivity index (χ0) is 13.8. The Balaban J connectivity index is 2.65. The van der Waals surface area contributed by atoms with Crippen molar-refractivity contribution >= 4 is 21.6 Å². The van der Waals surface area contributed by atoms with E-state index in [0.717, 1.165) is 5.56 Å². The van der Waals surface area contributed by atoms with Gasteiger partial charge in [-0.3, -0.25) is 0 Å². The summed E-state index contributed by atoms with van der Waals surface area (Å²) in [6.07, 6.45) is 0.595. The van der Waals surface area contributed by atoms with Crippen LogP contribution in [0.3, 0.4) is 0 Å². The molecule has 1 aromatic carbocycles. The predicted molar refractivity (Wildman–Crippen MR) is 75.1 cm³/mol. The first-order chi connectivity index (χ1) is 8.31. The largest absolute Gasteiger partial charge is 0.240 e. The summed E-state index contributed by atoms with van der Waals surface area (Å²) in [6.45, 7) is 7.78. The number of hydrogen-bond acceptors (Lipinski definition) is 2. The molecule has 18 heavy (non-hydrogen) atoms. The maximum absolute atomic E-state index is 12.0.